The molecule has 1 atom stereocenters. The van der Waals surface area contributed by atoms with Gasteiger partial charge in [0.2, 0.25) is 0 Å². The fraction of sp³-hybridized carbons (Fsp3) is 0.304. The van der Waals surface area contributed by atoms with Crippen molar-refractivity contribution in [2.75, 3.05) is 30.4 Å². The lowest BCUT2D eigenvalue weighted by atomic mass is 10.0. The van der Waals surface area contributed by atoms with Gasteiger partial charge in [0, 0.05) is 49.1 Å². The Bertz CT molecular complexity index is 952. The maximum atomic E-state index is 12.9. The van der Waals surface area contributed by atoms with E-state index < -0.39 is 6.10 Å². The Morgan fingerprint density at radius 1 is 1.04 bits per heavy atom. The van der Waals surface area contributed by atoms with Gasteiger partial charge in [0.25, 0.3) is 5.91 Å². The van der Waals surface area contributed by atoms with Gasteiger partial charge in [-0.2, -0.15) is 0 Å². The second-order valence-electron chi connectivity index (χ2n) is 7.12. The van der Waals surface area contributed by atoms with E-state index in [0.717, 1.165) is 35.1 Å². The van der Waals surface area contributed by atoms with Crippen molar-refractivity contribution in [1.29, 1.82) is 0 Å². The van der Waals surface area contributed by atoms with Crippen molar-refractivity contribution in [3.8, 4) is 0 Å². The van der Waals surface area contributed by atoms with E-state index in [9.17, 15) is 4.79 Å². The number of hydrogen-bond donors (Lipinski definition) is 1. The predicted octanol–water partition coefficient (Wildman–Crippen LogP) is 4.55. The summed E-state index contributed by atoms with van der Waals surface area (Å²) in [5.41, 5.74) is 2.79. The number of piperidine rings is 1. The number of anilines is 2. The number of pyridine rings is 1. The van der Waals surface area contributed by atoms with E-state index in [-0.39, 0.29) is 5.91 Å². The second kappa shape index (κ2) is 8.40. The van der Waals surface area contributed by atoms with Crippen LogP contribution in [0.15, 0.2) is 60.9 Å². The fourth-order valence-electron chi connectivity index (χ4n) is 3.91. The molecule has 1 aromatic heterocycles. The lowest BCUT2D eigenvalue weighted by molar-refractivity contribution is -0.126. The third kappa shape index (κ3) is 3.71. The SMILES string of the molecule is CO[C@@H](C(=O)Nc1ccc(N2CCCCC2)c2ccncc12)c1ccccc1. The van der Waals surface area contributed by atoms with Gasteiger partial charge in [-0.05, 0) is 43.0 Å². The highest BCUT2D eigenvalue weighted by Gasteiger charge is 2.21. The smallest absolute Gasteiger partial charge is 0.258 e. The van der Waals surface area contributed by atoms with Crippen molar-refractivity contribution in [1.82, 2.24) is 4.98 Å². The van der Waals surface area contributed by atoms with Crippen LogP contribution in [0.3, 0.4) is 0 Å². The van der Waals surface area contributed by atoms with E-state index in [1.807, 2.05) is 54.9 Å². The van der Waals surface area contributed by atoms with Gasteiger partial charge in [-0.25, -0.2) is 0 Å². The van der Waals surface area contributed by atoms with Crippen molar-refractivity contribution in [2.24, 2.45) is 0 Å². The van der Waals surface area contributed by atoms with E-state index in [4.69, 9.17) is 4.74 Å². The Morgan fingerprint density at radius 3 is 2.57 bits per heavy atom. The molecule has 0 saturated carbocycles. The number of rotatable bonds is 5. The number of benzene rings is 2. The van der Waals surface area contributed by atoms with E-state index >= 15 is 0 Å². The van der Waals surface area contributed by atoms with Crippen LogP contribution in [0.2, 0.25) is 0 Å². The first-order valence-corrected chi connectivity index (χ1v) is 9.78. The average Bonchev–Trinajstić information content (AvgIpc) is 2.76. The first-order chi connectivity index (χ1) is 13.8. The molecule has 5 nitrogen and oxygen atoms in total. The van der Waals surface area contributed by atoms with Crippen molar-refractivity contribution < 1.29 is 9.53 Å². The number of fused-ring (bicyclic) bond motifs is 1. The highest BCUT2D eigenvalue weighted by Crippen LogP contribution is 2.33. The quantitative estimate of drug-likeness (QED) is 0.711. The number of amides is 1. The molecule has 1 N–H and O–H groups in total. The van der Waals surface area contributed by atoms with Crippen LogP contribution in [-0.2, 0) is 9.53 Å². The van der Waals surface area contributed by atoms with Crippen molar-refractivity contribution >= 4 is 28.1 Å². The number of nitrogens with zero attached hydrogens (tertiary/aromatic N) is 2. The van der Waals surface area contributed by atoms with Crippen LogP contribution in [0, 0.1) is 0 Å². The van der Waals surface area contributed by atoms with Gasteiger partial charge in [-0.3, -0.25) is 9.78 Å². The molecule has 2 aromatic carbocycles. The van der Waals surface area contributed by atoms with E-state index in [1.54, 1.807) is 7.11 Å². The van der Waals surface area contributed by atoms with Crippen LogP contribution < -0.4 is 10.2 Å². The summed E-state index contributed by atoms with van der Waals surface area (Å²) in [5, 5.41) is 5.10. The fourth-order valence-corrected chi connectivity index (χ4v) is 3.91. The normalized spacial score (nSPS) is 15.4. The zero-order valence-electron chi connectivity index (χ0n) is 16.1. The zero-order chi connectivity index (χ0) is 19.3. The molecule has 0 radical (unpaired) electrons. The topological polar surface area (TPSA) is 54.5 Å². The van der Waals surface area contributed by atoms with Gasteiger partial charge in [-0.1, -0.05) is 30.3 Å². The molecule has 3 aromatic rings. The summed E-state index contributed by atoms with van der Waals surface area (Å²) in [6, 6.07) is 15.6. The van der Waals surface area contributed by atoms with Crippen molar-refractivity contribution in [3.05, 3.63) is 66.5 Å². The van der Waals surface area contributed by atoms with Crippen molar-refractivity contribution in [3.63, 3.8) is 0 Å². The number of hydrogen-bond acceptors (Lipinski definition) is 4. The first kappa shape index (κ1) is 18.4. The molecule has 1 aliphatic rings. The van der Waals surface area contributed by atoms with Crippen LogP contribution in [-0.4, -0.2) is 31.1 Å². The van der Waals surface area contributed by atoms with Crippen LogP contribution in [0.5, 0.6) is 0 Å². The molecule has 5 heteroatoms. The Balaban J connectivity index is 1.65. The number of ether oxygens (including phenoxy) is 1. The lowest BCUT2D eigenvalue weighted by Gasteiger charge is -2.30. The number of carbonyl (C=O) groups excluding carboxylic acids is 1. The lowest BCUT2D eigenvalue weighted by Crippen LogP contribution is -2.29. The Hall–Kier alpha value is -2.92. The van der Waals surface area contributed by atoms with E-state index in [2.05, 4.69) is 21.3 Å². The van der Waals surface area contributed by atoms with Crippen LogP contribution in [0.1, 0.15) is 30.9 Å². The van der Waals surface area contributed by atoms with E-state index in [1.165, 1.54) is 24.9 Å². The van der Waals surface area contributed by atoms with Gasteiger partial charge < -0.3 is 15.0 Å². The highest BCUT2D eigenvalue weighted by molar-refractivity contribution is 6.07. The monoisotopic (exact) mass is 375 g/mol. The highest BCUT2D eigenvalue weighted by atomic mass is 16.5. The molecule has 0 aliphatic carbocycles. The number of nitrogens with one attached hydrogen (secondary N) is 1. The molecular formula is C23H25N3O2. The average molecular weight is 375 g/mol. The van der Waals surface area contributed by atoms with Gasteiger partial charge in [0.15, 0.2) is 6.10 Å². The molecular weight excluding hydrogens is 350 g/mol. The molecule has 0 bridgehead atoms. The molecule has 28 heavy (non-hydrogen) atoms. The molecule has 1 aliphatic heterocycles. The Morgan fingerprint density at radius 2 is 1.82 bits per heavy atom. The minimum Gasteiger partial charge on any atom is -0.371 e. The van der Waals surface area contributed by atoms with Gasteiger partial charge in [0.05, 0.1) is 5.69 Å². The summed E-state index contributed by atoms with van der Waals surface area (Å²) in [6.45, 7) is 2.14. The summed E-state index contributed by atoms with van der Waals surface area (Å²) in [6.07, 6.45) is 6.71. The van der Waals surface area contributed by atoms with Gasteiger partial charge in [-0.15, -0.1) is 0 Å². The number of carbonyl (C=O) groups is 1. The maximum Gasteiger partial charge on any atom is 0.258 e. The van der Waals surface area contributed by atoms with E-state index in [0.29, 0.717) is 0 Å². The molecule has 0 spiro atoms. The summed E-state index contributed by atoms with van der Waals surface area (Å²) in [4.78, 5) is 19.6. The molecule has 4 rings (SSSR count). The zero-order valence-corrected chi connectivity index (χ0v) is 16.1. The molecule has 1 amide bonds. The molecule has 2 heterocycles. The maximum absolute atomic E-state index is 12.9. The predicted molar refractivity (Wildman–Crippen MR) is 113 cm³/mol. The second-order valence-corrected chi connectivity index (χ2v) is 7.12. The number of methoxy groups -OCH3 is 1. The molecule has 1 saturated heterocycles. The van der Waals surface area contributed by atoms with Crippen molar-refractivity contribution in [2.45, 2.75) is 25.4 Å². The molecule has 144 valence electrons. The van der Waals surface area contributed by atoms with Crippen LogP contribution in [0.4, 0.5) is 11.4 Å². The largest absolute Gasteiger partial charge is 0.371 e. The molecule has 0 unspecified atom stereocenters. The third-order valence-electron chi connectivity index (χ3n) is 5.33. The van der Waals surface area contributed by atoms with Crippen LogP contribution >= 0.6 is 0 Å². The minimum absolute atomic E-state index is 0.190. The van der Waals surface area contributed by atoms with Gasteiger partial charge >= 0.3 is 0 Å². The summed E-state index contributed by atoms with van der Waals surface area (Å²) < 4.78 is 5.47. The molecule has 1 fully saturated rings. The summed E-state index contributed by atoms with van der Waals surface area (Å²) in [7, 11) is 1.55. The van der Waals surface area contributed by atoms with Gasteiger partial charge in [0.1, 0.15) is 0 Å². The first-order valence-electron chi connectivity index (χ1n) is 9.78. The number of aromatic nitrogens is 1. The summed E-state index contributed by atoms with van der Waals surface area (Å²) >= 11 is 0. The Labute approximate surface area is 165 Å². The minimum atomic E-state index is -0.658. The standard InChI is InChI=1S/C23H25N3O2/c1-28-22(17-8-4-2-5-9-17)23(27)25-20-10-11-21(26-14-6-3-7-15-26)18-12-13-24-16-19(18)20/h2,4-5,8-13,16,22H,3,6-7,14-15H2,1H3,(H,25,27)/t22-/m1/s1. The Kier molecular flexibility index (Phi) is 5.53. The summed E-state index contributed by atoms with van der Waals surface area (Å²) in [5.74, 6) is -0.190. The van der Waals surface area contributed by atoms with Crippen LogP contribution in [0.25, 0.3) is 10.8 Å². The third-order valence-corrected chi connectivity index (χ3v) is 5.33.